The van der Waals surface area contributed by atoms with E-state index in [1.807, 2.05) is 13.0 Å². The van der Waals surface area contributed by atoms with Crippen LogP contribution in [0.3, 0.4) is 0 Å². The number of nitrogens with one attached hydrogen (secondary N) is 1. The number of carbonyl (C=O) groups is 1. The van der Waals surface area contributed by atoms with Crippen molar-refractivity contribution in [2.45, 2.75) is 6.92 Å². The monoisotopic (exact) mass is 267 g/mol. The van der Waals surface area contributed by atoms with Crippen molar-refractivity contribution in [2.75, 3.05) is 5.73 Å². The van der Waals surface area contributed by atoms with Crippen LogP contribution < -0.4 is 11.4 Å². The van der Waals surface area contributed by atoms with Crippen molar-refractivity contribution in [2.24, 2.45) is 0 Å². The molecule has 2 aromatic carbocycles. The van der Waals surface area contributed by atoms with Gasteiger partial charge in [0.25, 0.3) is 5.91 Å². The molecule has 3 rings (SSSR count). The van der Waals surface area contributed by atoms with Gasteiger partial charge in [0.1, 0.15) is 0 Å². The Morgan fingerprint density at radius 2 is 1.90 bits per heavy atom. The second-order valence-electron chi connectivity index (χ2n) is 4.66. The smallest absolute Gasteiger partial charge is 0.333 e. The molecule has 0 aliphatic rings. The van der Waals surface area contributed by atoms with Crippen LogP contribution in [0.2, 0.25) is 0 Å². The molecule has 100 valence electrons. The highest BCUT2D eigenvalue weighted by atomic mass is 16.2. The van der Waals surface area contributed by atoms with Crippen molar-refractivity contribution in [3.05, 3.63) is 64.1 Å². The molecule has 20 heavy (non-hydrogen) atoms. The Bertz CT molecular complexity index is 860. The maximum atomic E-state index is 12.4. The maximum Gasteiger partial charge on any atom is 0.333 e. The molecule has 0 spiro atoms. The summed E-state index contributed by atoms with van der Waals surface area (Å²) in [6.45, 7) is 1.85. The average Bonchev–Trinajstić information content (AvgIpc) is 2.75. The van der Waals surface area contributed by atoms with Gasteiger partial charge in [-0.15, -0.1) is 0 Å². The molecule has 0 amide bonds. The number of aryl methyl sites for hydroxylation is 1. The van der Waals surface area contributed by atoms with Crippen molar-refractivity contribution in [3.8, 4) is 0 Å². The molecule has 5 nitrogen and oxygen atoms in total. The maximum absolute atomic E-state index is 12.4. The minimum atomic E-state index is -0.459. The third-order valence-electron chi connectivity index (χ3n) is 3.29. The molecule has 0 bridgehead atoms. The number of rotatable bonds is 1. The number of nitrogens with zero attached hydrogens (tertiary/aromatic N) is 1. The highest BCUT2D eigenvalue weighted by Crippen LogP contribution is 2.19. The number of benzene rings is 2. The van der Waals surface area contributed by atoms with E-state index in [0.29, 0.717) is 22.3 Å². The average molecular weight is 267 g/mol. The van der Waals surface area contributed by atoms with Crippen molar-refractivity contribution in [1.29, 1.82) is 0 Å². The van der Waals surface area contributed by atoms with E-state index in [4.69, 9.17) is 5.73 Å². The molecule has 0 saturated carbocycles. The molecule has 3 aromatic rings. The number of H-pyrrole nitrogens is 1. The number of carbonyl (C=O) groups excluding carboxylic acids is 1. The van der Waals surface area contributed by atoms with Crippen molar-refractivity contribution < 1.29 is 4.79 Å². The summed E-state index contributed by atoms with van der Waals surface area (Å²) in [5.41, 5.74) is 8.36. The lowest BCUT2D eigenvalue weighted by atomic mass is 10.1. The second-order valence-corrected chi connectivity index (χ2v) is 4.66. The first-order valence-corrected chi connectivity index (χ1v) is 6.18. The number of aromatic nitrogens is 2. The van der Waals surface area contributed by atoms with Crippen molar-refractivity contribution >= 4 is 22.6 Å². The van der Waals surface area contributed by atoms with Crippen LogP contribution in [0, 0.1) is 6.92 Å². The third-order valence-corrected chi connectivity index (χ3v) is 3.29. The van der Waals surface area contributed by atoms with Crippen molar-refractivity contribution in [3.63, 3.8) is 0 Å². The van der Waals surface area contributed by atoms with Crippen LogP contribution >= 0.6 is 0 Å². The summed E-state index contributed by atoms with van der Waals surface area (Å²) in [6, 6.07) is 12.1. The van der Waals surface area contributed by atoms with E-state index >= 15 is 0 Å². The molecular formula is C15H13N3O2. The summed E-state index contributed by atoms with van der Waals surface area (Å²) < 4.78 is 1.11. The van der Waals surface area contributed by atoms with E-state index in [9.17, 15) is 9.59 Å². The minimum absolute atomic E-state index is 0.370. The number of nitrogens with two attached hydrogens (primary N) is 1. The normalized spacial score (nSPS) is 10.8. The third kappa shape index (κ3) is 1.80. The van der Waals surface area contributed by atoms with Gasteiger partial charge in [-0.3, -0.25) is 4.79 Å². The minimum Gasteiger partial charge on any atom is -0.398 e. The Labute approximate surface area is 114 Å². The lowest BCUT2D eigenvalue weighted by molar-refractivity contribution is 0.0961. The van der Waals surface area contributed by atoms with Gasteiger partial charge in [0.2, 0.25) is 0 Å². The number of hydrogen-bond acceptors (Lipinski definition) is 3. The Balaban J connectivity index is 2.27. The highest BCUT2D eigenvalue weighted by Gasteiger charge is 2.16. The van der Waals surface area contributed by atoms with Gasteiger partial charge in [0, 0.05) is 11.3 Å². The molecule has 0 aliphatic carbocycles. The van der Waals surface area contributed by atoms with E-state index in [1.165, 1.54) is 0 Å². The predicted octanol–water partition coefficient (Wildman–Crippen LogP) is 1.91. The summed E-state index contributed by atoms with van der Waals surface area (Å²) in [5.74, 6) is -0.370. The second kappa shape index (κ2) is 4.38. The molecule has 5 heteroatoms. The largest absolute Gasteiger partial charge is 0.398 e. The molecule has 0 atom stereocenters. The van der Waals surface area contributed by atoms with E-state index < -0.39 is 5.69 Å². The highest BCUT2D eigenvalue weighted by molar-refractivity contribution is 6.01. The van der Waals surface area contributed by atoms with Crippen LogP contribution in [-0.2, 0) is 0 Å². The summed E-state index contributed by atoms with van der Waals surface area (Å²) >= 11 is 0. The molecule has 3 N–H and O–H groups in total. The number of hydrogen-bond donors (Lipinski definition) is 2. The predicted molar refractivity (Wildman–Crippen MR) is 77.9 cm³/mol. The van der Waals surface area contributed by atoms with Gasteiger partial charge in [-0.25, -0.2) is 9.36 Å². The first-order valence-electron chi connectivity index (χ1n) is 6.18. The number of imidazole rings is 1. The molecule has 0 unspecified atom stereocenters. The molecular weight excluding hydrogens is 254 g/mol. The molecule has 1 aromatic heterocycles. The van der Waals surface area contributed by atoms with Gasteiger partial charge in [-0.1, -0.05) is 18.2 Å². The number of nitrogen functional groups attached to an aromatic ring is 1. The van der Waals surface area contributed by atoms with Crippen molar-refractivity contribution in [1.82, 2.24) is 9.55 Å². The van der Waals surface area contributed by atoms with Gasteiger partial charge < -0.3 is 10.7 Å². The number of aromatic amines is 1. The Hall–Kier alpha value is -2.82. The van der Waals surface area contributed by atoms with Crippen LogP contribution in [0.15, 0.2) is 47.3 Å². The standard InChI is InChI=1S/C15H13N3O2/c1-9-7-12-13(8-11(9)16)18(15(20)17-12)14(19)10-5-3-2-4-6-10/h2-8H,16H2,1H3,(H,17,20). The zero-order valence-electron chi connectivity index (χ0n) is 10.9. The first-order chi connectivity index (χ1) is 9.58. The SMILES string of the molecule is Cc1cc2[nH]c(=O)n(C(=O)c3ccccc3)c2cc1N. The molecule has 1 heterocycles. The van der Waals surface area contributed by atoms with Gasteiger partial charge in [-0.05, 0) is 36.8 Å². The first kappa shape index (κ1) is 12.2. The van der Waals surface area contributed by atoms with Gasteiger partial charge in [-0.2, -0.15) is 0 Å². The lowest BCUT2D eigenvalue weighted by Crippen LogP contribution is -2.24. The van der Waals surface area contributed by atoms with Gasteiger partial charge in [0.05, 0.1) is 11.0 Å². The number of anilines is 1. The van der Waals surface area contributed by atoms with Crippen LogP contribution in [0.5, 0.6) is 0 Å². The van der Waals surface area contributed by atoms with Gasteiger partial charge >= 0.3 is 5.69 Å². The Morgan fingerprint density at radius 1 is 1.20 bits per heavy atom. The zero-order chi connectivity index (χ0) is 14.3. The quantitative estimate of drug-likeness (QED) is 0.661. The van der Waals surface area contributed by atoms with Crippen LogP contribution in [0.4, 0.5) is 5.69 Å². The van der Waals surface area contributed by atoms with E-state index in [1.54, 1.807) is 36.4 Å². The summed E-state index contributed by atoms with van der Waals surface area (Å²) in [7, 11) is 0. The van der Waals surface area contributed by atoms with Crippen LogP contribution in [-0.4, -0.2) is 15.5 Å². The van der Waals surface area contributed by atoms with Crippen LogP contribution in [0.25, 0.3) is 11.0 Å². The molecule has 0 aliphatic heterocycles. The Morgan fingerprint density at radius 3 is 2.60 bits per heavy atom. The fourth-order valence-corrected chi connectivity index (χ4v) is 2.19. The fraction of sp³-hybridized carbons (Fsp3) is 0.0667. The van der Waals surface area contributed by atoms with E-state index in [-0.39, 0.29) is 5.91 Å². The number of fused-ring (bicyclic) bond motifs is 1. The lowest BCUT2D eigenvalue weighted by Gasteiger charge is -2.04. The topological polar surface area (TPSA) is 80.9 Å². The zero-order valence-corrected chi connectivity index (χ0v) is 10.9. The Kier molecular flexibility index (Phi) is 2.68. The van der Waals surface area contributed by atoms with E-state index in [0.717, 1.165) is 10.1 Å². The van der Waals surface area contributed by atoms with Gasteiger partial charge in [0.15, 0.2) is 0 Å². The molecule has 0 saturated heterocycles. The molecule has 0 radical (unpaired) electrons. The van der Waals surface area contributed by atoms with E-state index in [2.05, 4.69) is 4.98 Å². The summed E-state index contributed by atoms with van der Waals surface area (Å²) in [5, 5.41) is 0. The summed E-state index contributed by atoms with van der Waals surface area (Å²) in [6.07, 6.45) is 0. The summed E-state index contributed by atoms with van der Waals surface area (Å²) in [4.78, 5) is 27.1. The molecule has 0 fully saturated rings. The van der Waals surface area contributed by atoms with Crippen LogP contribution in [0.1, 0.15) is 15.9 Å². The fourth-order valence-electron chi connectivity index (χ4n) is 2.19.